The van der Waals surface area contributed by atoms with Crippen LogP contribution in [0.4, 0.5) is 8.78 Å². The zero-order valence-electron chi connectivity index (χ0n) is 13.0. The summed E-state index contributed by atoms with van der Waals surface area (Å²) >= 11 is 1.22. The predicted molar refractivity (Wildman–Crippen MR) is 86.4 cm³/mol. The molecule has 0 bridgehead atoms. The number of rotatable bonds is 8. The quantitative estimate of drug-likeness (QED) is 0.404. The zero-order valence-corrected chi connectivity index (χ0v) is 13.8. The molecule has 0 unspecified atom stereocenters. The van der Waals surface area contributed by atoms with Gasteiger partial charge in [0.15, 0.2) is 23.7 Å². The molecule has 0 atom stereocenters. The molecule has 0 aliphatic carbocycles. The molecule has 2 rings (SSSR count). The Morgan fingerprint density at radius 1 is 1.29 bits per heavy atom. The molecule has 7 heteroatoms. The maximum Gasteiger partial charge on any atom is 0.305 e. The maximum atomic E-state index is 14.1. The first-order valence-electron chi connectivity index (χ1n) is 7.37. The minimum atomic E-state index is -0.855. The third-order valence-electron chi connectivity index (χ3n) is 3.16. The Balaban J connectivity index is 2.05. The highest BCUT2D eigenvalue weighted by atomic mass is 32.1. The Morgan fingerprint density at radius 2 is 2.00 bits per heavy atom. The molecule has 0 saturated heterocycles. The van der Waals surface area contributed by atoms with Crippen LogP contribution < -0.4 is 4.74 Å². The first-order chi connectivity index (χ1) is 11.6. The molecule has 0 saturated carbocycles. The molecule has 0 aliphatic heterocycles. The summed E-state index contributed by atoms with van der Waals surface area (Å²) in [7, 11) is 0. The van der Waals surface area contributed by atoms with Gasteiger partial charge < -0.3 is 9.47 Å². The summed E-state index contributed by atoms with van der Waals surface area (Å²) in [6, 6.07) is 3.84. The van der Waals surface area contributed by atoms with Gasteiger partial charge in [-0.2, -0.15) is 0 Å². The molecule has 0 fully saturated rings. The molecule has 0 spiro atoms. The minimum absolute atomic E-state index is 0.00933. The lowest BCUT2D eigenvalue weighted by atomic mass is 10.1. The Labute approximate surface area is 142 Å². The number of benzene rings is 1. The standard InChI is InChI=1S/C17H16F2O4S/c1-2-22-15(21)4-3-6-23-16-13(18)8-12(9-14(16)19)17-11(10-20)5-7-24-17/h5,7-10H,2-4,6H2,1H3. The van der Waals surface area contributed by atoms with Crippen LogP contribution >= 0.6 is 11.3 Å². The number of esters is 1. The van der Waals surface area contributed by atoms with Crippen molar-refractivity contribution in [1.29, 1.82) is 0 Å². The fraction of sp³-hybridized carbons (Fsp3) is 0.294. The number of aldehydes is 1. The number of ether oxygens (including phenoxy) is 2. The predicted octanol–water partition coefficient (Wildman–Crippen LogP) is 4.23. The van der Waals surface area contributed by atoms with Gasteiger partial charge in [0.05, 0.1) is 13.2 Å². The third kappa shape index (κ3) is 4.38. The second-order valence-electron chi connectivity index (χ2n) is 4.85. The number of hydrogen-bond donors (Lipinski definition) is 0. The van der Waals surface area contributed by atoms with E-state index in [-0.39, 0.29) is 31.2 Å². The van der Waals surface area contributed by atoms with Gasteiger partial charge in [-0.05, 0) is 42.5 Å². The van der Waals surface area contributed by atoms with E-state index in [4.69, 9.17) is 9.47 Å². The van der Waals surface area contributed by atoms with Gasteiger partial charge in [0.1, 0.15) is 0 Å². The van der Waals surface area contributed by atoms with Gasteiger partial charge in [0, 0.05) is 16.9 Å². The van der Waals surface area contributed by atoms with Crippen LogP contribution in [-0.2, 0) is 9.53 Å². The topological polar surface area (TPSA) is 52.6 Å². The van der Waals surface area contributed by atoms with Crippen molar-refractivity contribution in [1.82, 2.24) is 0 Å². The van der Waals surface area contributed by atoms with Crippen LogP contribution in [0.15, 0.2) is 23.6 Å². The third-order valence-corrected chi connectivity index (χ3v) is 4.14. The lowest BCUT2D eigenvalue weighted by molar-refractivity contribution is -0.143. The Kier molecular flexibility index (Phi) is 6.43. The lowest BCUT2D eigenvalue weighted by Crippen LogP contribution is -2.08. The smallest absolute Gasteiger partial charge is 0.305 e. The summed E-state index contributed by atoms with van der Waals surface area (Å²) < 4.78 is 38.1. The van der Waals surface area contributed by atoms with Crippen LogP contribution in [0.3, 0.4) is 0 Å². The van der Waals surface area contributed by atoms with E-state index in [0.717, 1.165) is 12.1 Å². The van der Waals surface area contributed by atoms with E-state index in [9.17, 15) is 18.4 Å². The van der Waals surface area contributed by atoms with E-state index >= 15 is 0 Å². The van der Waals surface area contributed by atoms with E-state index in [1.54, 1.807) is 18.4 Å². The Hall–Kier alpha value is -2.28. The molecule has 0 N–H and O–H groups in total. The van der Waals surface area contributed by atoms with Crippen LogP contribution in [0, 0.1) is 11.6 Å². The second-order valence-corrected chi connectivity index (χ2v) is 5.77. The number of halogens is 2. The van der Waals surface area contributed by atoms with E-state index in [0.29, 0.717) is 23.1 Å². The largest absolute Gasteiger partial charge is 0.488 e. The Morgan fingerprint density at radius 3 is 2.62 bits per heavy atom. The molecule has 2 aromatic rings. The summed E-state index contributed by atoms with van der Waals surface area (Å²) in [5.74, 6) is -2.58. The van der Waals surface area contributed by atoms with Gasteiger partial charge in [-0.3, -0.25) is 9.59 Å². The van der Waals surface area contributed by atoms with E-state index in [2.05, 4.69) is 0 Å². The zero-order chi connectivity index (χ0) is 17.5. The van der Waals surface area contributed by atoms with Gasteiger partial charge in [-0.15, -0.1) is 11.3 Å². The number of hydrogen-bond acceptors (Lipinski definition) is 5. The summed E-state index contributed by atoms with van der Waals surface area (Å²) in [5.41, 5.74) is 0.655. The van der Waals surface area contributed by atoms with Gasteiger partial charge >= 0.3 is 5.97 Å². The van der Waals surface area contributed by atoms with Crippen molar-refractivity contribution in [2.75, 3.05) is 13.2 Å². The molecule has 0 aliphatic rings. The minimum Gasteiger partial charge on any atom is -0.488 e. The average Bonchev–Trinajstić information content (AvgIpc) is 3.02. The van der Waals surface area contributed by atoms with Crippen molar-refractivity contribution in [3.8, 4) is 16.2 Å². The molecule has 4 nitrogen and oxygen atoms in total. The van der Waals surface area contributed by atoms with Crippen molar-refractivity contribution in [2.45, 2.75) is 19.8 Å². The average molecular weight is 354 g/mol. The highest BCUT2D eigenvalue weighted by Gasteiger charge is 2.16. The summed E-state index contributed by atoms with van der Waals surface area (Å²) in [6.45, 7) is 1.98. The van der Waals surface area contributed by atoms with Crippen molar-refractivity contribution >= 4 is 23.6 Å². The van der Waals surface area contributed by atoms with Gasteiger partial charge in [-0.1, -0.05) is 0 Å². The molecule has 0 amide bonds. The highest BCUT2D eigenvalue weighted by molar-refractivity contribution is 7.14. The molecule has 0 radical (unpaired) electrons. The molecule has 1 aromatic carbocycles. The highest BCUT2D eigenvalue weighted by Crippen LogP contribution is 2.33. The van der Waals surface area contributed by atoms with Crippen LogP contribution in [-0.4, -0.2) is 25.5 Å². The summed E-state index contributed by atoms with van der Waals surface area (Å²) in [5, 5.41) is 1.68. The van der Waals surface area contributed by atoms with Gasteiger partial charge in [0.2, 0.25) is 0 Å². The van der Waals surface area contributed by atoms with Crippen molar-refractivity contribution in [3.63, 3.8) is 0 Å². The van der Waals surface area contributed by atoms with Gasteiger partial charge in [-0.25, -0.2) is 8.78 Å². The Bertz CT molecular complexity index is 704. The fourth-order valence-corrected chi connectivity index (χ4v) is 2.96. The summed E-state index contributed by atoms with van der Waals surface area (Å²) in [6.07, 6.45) is 1.05. The normalized spacial score (nSPS) is 10.5. The number of carbonyl (C=O) groups is 2. The SMILES string of the molecule is CCOC(=O)CCCOc1c(F)cc(-c2sccc2C=O)cc1F. The molecule has 24 heavy (non-hydrogen) atoms. The molecule has 128 valence electrons. The number of carbonyl (C=O) groups excluding carboxylic acids is 2. The van der Waals surface area contributed by atoms with Crippen molar-refractivity contribution in [3.05, 3.63) is 40.8 Å². The first kappa shape index (κ1) is 18.1. The van der Waals surface area contributed by atoms with Crippen molar-refractivity contribution in [2.24, 2.45) is 0 Å². The van der Waals surface area contributed by atoms with Crippen LogP contribution in [0.2, 0.25) is 0 Å². The van der Waals surface area contributed by atoms with Gasteiger partial charge in [0.25, 0.3) is 0 Å². The van der Waals surface area contributed by atoms with Crippen LogP contribution in [0.1, 0.15) is 30.1 Å². The second kappa shape index (κ2) is 8.54. The number of thiophene rings is 1. The first-order valence-corrected chi connectivity index (χ1v) is 8.25. The summed E-state index contributed by atoms with van der Waals surface area (Å²) in [4.78, 5) is 22.6. The lowest BCUT2D eigenvalue weighted by Gasteiger charge is -2.10. The van der Waals surface area contributed by atoms with E-state index < -0.39 is 17.4 Å². The maximum absolute atomic E-state index is 14.1. The molecular formula is C17H16F2O4S. The van der Waals surface area contributed by atoms with E-state index in [1.807, 2.05) is 0 Å². The molecule has 1 aromatic heterocycles. The van der Waals surface area contributed by atoms with E-state index in [1.165, 1.54) is 11.3 Å². The van der Waals surface area contributed by atoms with Crippen LogP contribution in [0.5, 0.6) is 5.75 Å². The van der Waals surface area contributed by atoms with Crippen LogP contribution in [0.25, 0.3) is 10.4 Å². The fourth-order valence-electron chi connectivity index (χ4n) is 2.10. The monoisotopic (exact) mass is 354 g/mol. The molecule has 1 heterocycles. The molecular weight excluding hydrogens is 338 g/mol. The van der Waals surface area contributed by atoms with Crippen molar-refractivity contribution < 1.29 is 27.8 Å².